The number of hydrogen-bond acceptors (Lipinski definition) is 3. The Hall–Kier alpha value is -2.78. The van der Waals surface area contributed by atoms with E-state index in [2.05, 4.69) is 20.9 Å². The maximum atomic E-state index is 14.3. The van der Waals surface area contributed by atoms with Gasteiger partial charge in [-0.05, 0) is 36.8 Å². The standard InChI is InChI=1S/C19H12BrF2N3/c1-10-17(14-7-6-13(21)8-16(14)22)15(9-23)19(24)25-18(10)11-2-4-12(20)5-3-11/h2-8H,1H3,(H2,24,25). The Kier molecular flexibility index (Phi) is 4.51. The van der Waals surface area contributed by atoms with Gasteiger partial charge >= 0.3 is 0 Å². The van der Waals surface area contributed by atoms with E-state index in [1.165, 1.54) is 6.07 Å². The van der Waals surface area contributed by atoms with Gasteiger partial charge in [-0.25, -0.2) is 13.8 Å². The van der Waals surface area contributed by atoms with Crippen LogP contribution in [0.5, 0.6) is 0 Å². The normalized spacial score (nSPS) is 10.5. The Bertz CT molecular complexity index is 1010. The highest BCUT2D eigenvalue weighted by molar-refractivity contribution is 9.10. The second-order valence-corrected chi connectivity index (χ2v) is 6.38. The number of pyridine rings is 1. The van der Waals surface area contributed by atoms with Gasteiger partial charge in [0.25, 0.3) is 0 Å². The van der Waals surface area contributed by atoms with Crippen molar-refractivity contribution in [2.24, 2.45) is 0 Å². The molecule has 0 spiro atoms. The van der Waals surface area contributed by atoms with Gasteiger partial charge in [0.05, 0.1) is 5.69 Å². The molecule has 0 unspecified atom stereocenters. The Morgan fingerprint density at radius 2 is 1.80 bits per heavy atom. The van der Waals surface area contributed by atoms with E-state index in [0.717, 1.165) is 22.2 Å². The maximum Gasteiger partial charge on any atom is 0.142 e. The summed E-state index contributed by atoms with van der Waals surface area (Å²) in [6.45, 7) is 1.74. The van der Waals surface area contributed by atoms with E-state index in [9.17, 15) is 14.0 Å². The number of nitrogen functional groups attached to an aromatic ring is 1. The first-order chi connectivity index (χ1) is 11.9. The van der Waals surface area contributed by atoms with Crippen molar-refractivity contribution < 1.29 is 8.78 Å². The molecule has 0 aliphatic heterocycles. The van der Waals surface area contributed by atoms with Gasteiger partial charge < -0.3 is 5.73 Å². The van der Waals surface area contributed by atoms with Crippen LogP contribution in [0.1, 0.15) is 11.1 Å². The van der Waals surface area contributed by atoms with Crippen LogP contribution in [0.3, 0.4) is 0 Å². The van der Waals surface area contributed by atoms with Crippen LogP contribution in [0, 0.1) is 29.9 Å². The molecule has 0 bridgehead atoms. The number of anilines is 1. The molecule has 1 heterocycles. The number of halogens is 3. The molecule has 0 atom stereocenters. The van der Waals surface area contributed by atoms with Crippen molar-refractivity contribution in [1.82, 2.24) is 4.98 Å². The summed E-state index contributed by atoms with van der Waals surface area (Å²) in [6, 6.07) is 12.6. The van der Waals surface area contributed by atoms with E-state index in [1.807, 2.05) is 30.3 Å². The Morgan fingerprint density at radius 1 is 1.12 bits per heavy atom. The molecule has 3 nitrogen and oxygen atoms in total. The van der Waals surface area contributed by atoms with E-state index >= 15 is 0 Å². The first-order valence-corrected chi connectivity index (χ1v) is 8.13. The van der Waals surface area contributed by atoms with E-state index in [4.69, 9.17) is 5.73 Å². The molecular weight excluding hydrogens is 388 g/mol. The van der Waals surface area contributed by atoms with Crippen LogP contribution in [-0.2, 0) is 0 Å². The third-order valence-corrected chi connectivity index (χ3v) is 4.43. The highest BCUT2D eigenvalue weighted by Gasteiger charge is 2.20. The molecule has 3 rings (SSSR count). The highest BCUT2D eigenvalue weighted by atomic mass is 79.9. The number of benzene rings is 2. The number of nitriles is 1. The summed E-state index contributed by atoms with van der Waals surface area (Å²) in [6.07, 6.45) is 0. The van der Waals surface area contributed by atoms with Crippen molar-refractivity contribution in [2.75, 3.05) is 5.73 Å². The smallest absolute Gasteiger partial charge is 0.142 e. The molecule has 0 saturated carbocycles. The Morgan fingerprint density at radius 3 is 2.40 bits per heavy atom. The number of rotatable bonds is 2. The maximum absolute atomic E-state index is 14.3. The molecule has 1 aromatic heterocycles. The summed E-state index contributed by atoms with van der Waals surface area (Å²) in [4.78, 5) is 4.32. The lowest BCUT2D eigenvalue weighted by Crippen LogP contribution is -2.04. The molecule has 3 aromatic rings. The molecule has 124 valence electrons. The lowest BCUT2D eigenvalue weighted by Gasteiger charge is -2.15. The zero-order valence-corrected chi connectivity index (χ0v) is 14.7. The fourth-order valence-corrected chi connectivity index (χ4v) is 2.99. The topological polar surface area (TPSA) is 62.7 Å². The van der Waals surface area contributed by atoms with Crippen molar-refractivity contribution in [2.45, 2.75) is 6.92 Å². The van der Waals surface area contributed by atoms with Crippen LogP contribution < -0.4 is 5.73 Å². The zero-order valence-electron chi connectivity index (χ0n) is 13.1. The van der Waals surface area contributed by atoms with Crippen molar-refractivity contribution in [3.8, 4) is 28.5 Å². The van der Waals surface area contributed by atoms with Crippen molar-refractivity contribution in [1.29, 1.82) is 5.26 Å². The van der Waals surface area contributed by atoms with Crippen LogP contribution >= 0.6 is 15.9 Å². The van der Waals surface area contributed by atoms with Crippen molar-refractivity contribution in [3.63, 3.8) is 0 Å². The molecule has 25 heavy (non-hydrogen) atoms. The van der Waals surface area contributed by atoms with Gasteiger partial charge in [-0.1, -0.05) is 28.1 Å². The van der Waals surface area contributed by atoms with E-state index in [1.54, 1.807) is 6.92 Å². The van der Waals surface area contributed by atoms with Crippen LogP contribution in [0.15, 0.2) is 46.9 Å². The number of aromatic nitrogens is 1. The lowest BCUT2D eigenvalue weighted by atomic mass is 9.92. The summed E-state index contributed by atoms with van der Waals surface area (Å²) >= 11 is 3.37. The third kappa shape index (κ3) is 3.11. The molecule has 0 fully saturated rings. The van der Waals surface area contributed by atoms with E-state index in [0.29, 0.717) is 16.8 Å². The van der Waals surface area contributed by atoms with Crippen LogP contribution in [0.4, 0.5) is 14.6 Å². The Balaban J connectivity index is 2.34. The number of hydrogen-bond donors (Lipinski definition) is 1. The van der Waals surface area contributed by atoms with E-state index < -0.39 is 11.6 Å². The zero-order chi connectivity index (χ0) is 18.1. The minimum atomic E-state index is -0.757. The van der Waals surface area contributed by atoms with Gasteiger partial charge in [-0.3, -0.25) is 0 Å². The van der Waals surface area contributed by atoms with Gasteiger partial charge in [0.1, 0.15) is 29.1 Å². The fourth-order valence-electron chi connectivity index (χ4n) is 2.73. The molecule has 0 saturated heterocycles. The fraction of sp³-hybridized carbons (Fsp3) is 0.0526. The first kappa shape index (κ1) is 17.1. The average molecular weight is 400 g/mol. The SMILES string of the molecule is Cc1c(-c2ccc(Br)cc2)nc(N)c(C#N)c1-c1ccc(F)cc1F. The van der Waals surface area contributed by atoms with Gasteiger partial charge in [0.2, 0.25) is 0 Å². The minimum Gasteiger partial charge on any atom is -0.383 e. The highest BCUT2D eigenvalue weighted by Crippen LogP contribution is 2.37. The summed E-state index contributed by atoms with van der Waals surface area (Å²) in [5.41, 5.74) is 8.38. The molecular formula is C19H12BrF2N3. The summed E-state index contributed by atoms with van der Waals surface area (Å²) < 4.78 is 28.5. The van der Waals surface area contributed by atoms with Crippen LogP contribution in [-0.4, -0.2) is 4.98 Å². The molecule has 6 heteroatoms. The molecule has 2 N–H and O–H groups in total. The summed E-state index contributed by atoms with van der Waals surface area (Å²) in [7, 11) is 0. The average Bonchev–Trinajstić information content (AvgIpc) is 2.58. The van der Waals surface area contributed by atoms with Gasteiger partial charge in [-0.15, -0.1) is 0 Å². The molecule has 0 radical (unpaired) electrons. The van der Waals surface area contributed by atoms with E-state index in [-0.39, 0.29) is 16.9 Å². The largest absolute Gasteiger partial charge is 0.383 e. The van der Waals surface area contributed by atoms with Gasteiger partial charge in [0, 0.05) is 27.2 Å². The third-order valence-electron chi connectivity index (χ3n) is 3.90. The predicted molar refractivity (Wildman–Crippen MR) is 96.6 cm³/mol. The lowest BCUT2D eigenvalue weighted by molar-refractivity contribution is 0.585. The van der Waals surface area contributed by atoms with Gasteiger partial charge in [-0.2, -0.15) is 5.26 Å². The quantitative estimate of drug-likeness (QED) is 0.642. The number of nitrogens with two attached hydrogens (primary N) is 1. The first-order valence-electron chi connectivity index (χ1n) is 7.34. The molecule has 0 aliphatic carbocycles. The predicted octanol–water partition coefficient (Wildman–Crippen LogP) is 5.22. The molecule has 0 aliphatic rings. The van der Waals surface area contributed by atoms with Crippen LogP contribution in [0.25, 0.3) is 22.4 Å². The van der Waals surface area contributed by atoms with Gasteiger partial charge in [0.15, 0.2) is 0 Å². The van der Waals surface area contributed by atoms with Crippen molar-refractivity contribution in [3.05, 3.63) is 69.7 Å². The molecule has 0 amide bonds. The van der Waals surface area contributed by atoms with Crippen molar-refractivity contribution >= 4 is 21.7 Å². The Labute approximate surface area is 151 Å². The summed E-state index contributed by atoms with van der Waals surface area (Å²) in [5, 5.41) is 9.46. The minimum absolute atomic E-state index is 0.00439. The second-order valence-electron chi connectivity index (χ2n) is 5.46. The second kappa shape index (κ2) is 6.61. The van der Waals surface area contributed by atoms with Crippen LogP contribution in [0.2, 0.25) is 0 Å². The summed E-state index contributed by atoms with van der Waals surface area (Å²) in [5.74, 6) is -1.44. The number of nitrogens with zero attached hydrogens (tertiary/aromatic N) is 2. The monoisotopic (exact) mass is 399 g/mol. The molecule has 2 aromatic carbocycles.